The van der Waals surface area contributed by atoms with Crippen molar-refractivity contribution in [1.29, 1.82) is 0 Å². The fourth-order valence-corrected chi connectivity index (χ4v) is 4.12. The van der Waals surface area contributed by atoms with Crippen LogP contribution >= 0.6 is 11.3 Å². The minimum atomic E-state index is -4.33. The first-order chi connectivity index (χ1) is 14.1. The highest BCUT2D eigenvalue weighted by Gasteiger charge is 2.20. The molecule has 8 nitrogen and oxygen atoms in total. The lowest BCUT2D eigenvalue weighted by atomic mass is 10.0. The van der Waals surface area contributed by atoms with Crippen LogP contribution < -0.4 is 10.0 Å². The SMILES string of the molecule is CCc1csc(C(Cc2ccc(NS(=O)(=O)O)cc2)NC(=O)CCC(=O)C(C)C)n1. The Kier molecular flexibility index (Phi) is 8.51. The average molecular weight is 454 g/mol. The predicted molar refractivity (Wildman–Crippen MR) is 117 cm³/mol. The zero-order valence-electron chi connectivity index (χ0n) is 17.2. The van der Waals surface area contributed by atoms with Crippen molar-refractivity contribution in [2.75, 3.05) is 4.72 Å². The molecular formula is C20H27N3O5S2. The first-order valence-corrected chi connectivity index (χ1v) is 12.0. The number of thiazole rings is 1. The van der Waals surface area contributed by atoms with E-state index in [9.17, 15) is 18.0 Å². The van der Waals surface area contributed by atoms with Gasteiger partial charge in [0.2, 0.25) is 5.91 Å². The van der Waals surface area contributed by atoms with Crippen LogP contribution in [0.4, 0.5) is 5.69 Å². The van der Waals surface area contributed by atoms with E-state index in [0.717, 1.165) is 22.7 Å². The summed E-state index contributed by atoms with van der Waals surface area (Å²) in [6.45, 7) is 5.63. The fraction of sp³-hybridized carbons (Fsp3) is 0.450. The number of nitrogens with one attached hydrogen (secondary N) is 2. The molecule has 3 N–H and O–H groups in total. The number of ketones is 1. The summed E-state index contributed by atoms with van der Waals surface area (Å²) in [5.74, 6) is -0.271. The standard InChI is InChI=1S/C20H27N3O5S2/c1-4-15-12-29-20(21-15)17(22-19(25)10-9-18(24)13(2)3)11-14-5-7-16(8-6-14)23-30(26,27)28/h5-8,12-13,17,23H,4,9-11H2,1-3H3,(H,22,25)(H,26,27,28). The van der Waals surface area contributed by atoms with E-state index >= 15 is 0 Å². The van der Waals surface area contributed by atoms with Crippen LogP contribution in [0.3, 0.4) is 0 Å². The molecule has 0 saturated heterocycles. The molecule has 0 spiro atoms. The lowest BCUT2D eigenvalue weighted by Crippen LogP contribution is -2.30. The van der Waals surface area contributed by atoms with Gasteiger partial charge in [0, 0.05) is 24.1 Å². The lowest BCUT2D eigenvalue weighted by Gasteiger charge is -2.17. The highest BCUT2D eigenvalue weighted by Crippen LogP contribution is 2.24. The van der Waals surface area contributed by atoms with E-state index in [1.165, 1.54) is 23.5 Å². The van der Waals surface area contributed by atoms with Crippen LogP contribution in [0.25, 0.3) is 0 Å². The Hall–Kier alpha value is -2.30. The summed E-state index contributed by atoms with van der Waals surface area (Å²) in [5, 5.41) is 5.70. The molecule has 1 aromatic carbocycles. The second kappa shape index (κ2) is 10.6. The molecule has 1 atom stereocenters. The summed E-state index contributed by atoms with van der Waals surface area (Å²) in [6.07, 6.45) is 1.56. The van der Waals surface area contributed by atoms with Crippen LogP contribution in [0, 0.1) is 5.92 Å². The van der Waals surface area contributed by atoms with Crippen LogP contribution in [-0.4, -0.2) is 29.6 Å². The maximum Gasteiger partial charge on any atom is 0.357 e. The fourth-order valence-electron chi connectivity index (χ4n) is 2.73. The number of benzene rings is 1. The molecule has 0 aliphatic heterocycles. The van der Waals surface area contributed by atoms with Gasteiger partial charge in [0.25, 0.3) is 0 Å². The molecule has 0 radical (unpaired) electrons. The topological polar surface area (TPSA) is 125 Å². The van der Waals surface area contributed by atoms with Crippen molar-refractivity contribution < 1.29 is 22.6 Å². The van der Waals surface area contributed by atoms with Gasteiger partial charge in [-0.1, -0.05) is 32.9 Å². The van der Waals surface area contributed by atoms with E-state index in [4.69, 9.17) is 4.55 Å². The Labute approximate surface area is 181 Å². The van der Waals surface area contributed by atoms with Gasteiger partial charge >= 0.3 is 10.3 Å². The summed E-state index contributed by atoms with van der Waals surface area (Å²) >= 11 is 1.47. The molecule has 0 saturated carbocycles. The third-order valence-corrected chi connectivity index (χ3v) is 5.95. The van der Waals surface area contributed by atoms with Crippen LogP contribution in [0.15, 0.2) is 29.6 Å². The van der Waals surface area contributed by atoms with Crippen LogP contribution in [0.2, 0.25) is 0 Å². The largest absolute Gasteiger partial charge is 0.357 e. The maximum absolute atomic E-state index is 12.4. The molecule has 2 aromatic rings. The Morgan fingerprint density at radius 2 is 1.83 bits per heavy atom. The van der Waals surface area contributed by atoms with Gasteiger partial charge in [0.15, 0.2) is 0 Å². The molecule has 1 amide bonds. The van der Waals surface area contributed by atoms with Crippen LogP contribution in [0.5, 0.6) is 0 Å². The van der Waals surface area contributed by atoms with E-state index < -0.39 is 10.3 Å². The second-order valence-electron chi connectivity index (χ2n) is 7.25. The lowest BCUT2D eigenvalue weighted by molar-refractivity contribution is -0.127. The highest BCUT2D eigenvalue weighted by atomic mass is 32.2. The summed E-state index contributed by atoms with van der Waals surface area (Å²) in [6, 6.07) is 6.12. The average Bonchev–Trinajstić information content (AvgIpc) is 3.15. The van der Waals surface area contributed by atoms with Crippen molar-refractivity contribution in [1.82, 2.24) is 10.3 Å². The molecule has 0 fully saturated rings. The highest BCUT2D eigenvalue weighted by molar-refractivity contribution is 7.87. The van der Waals surface area contributed by atoms with Crippen molar-refractivity contribution in [2.45, 2.75) is 52.5 Å². The number of anilines is 1. The van der Waals surface area contributed by atoms with Gasteiger partial charge in [-0.05, 0) is 30.5 Å². The molecule has 164 valence electrons. The number of aromatic nitrogens is 1. The number of carbonyl (C=O) groups is 2. The van der Waals surface area contributed by atoms with E-state index in [1.807, 2.05) is 30.9 Å². The Morgan fingerprint density at radius 1 is 1.17 bits per heavy atom. The van der Waals surface area contributed by atoms with Crippen molar-refractivity contribution in [3.05, 3.63) is 45.9 Å². The van der Waals surface area contributed by atoms with Crippen LogP contribution in [0.1, 0.15) is 55.9 Å². The molecule has 1 aromatic heterocycles. The third kappa shape index (κ3) is 7.85. The van der Waals surface area contributed by atoms with E-state index in [0.29, 0.717) is 6.42 Å². The molecule has 0 aliphatic carbocycles. The van der Waals surface area contributed by atoms with E-state index in [1.54, 1.807) is 12.1 Å². The summed E-state index contributed by atoms with van der Waals surface area (Å²) in [7, 11) is -4.33. The van der Waals surface area contributed by atoms with Gasteiger partial charge in [-0.2, -0.15) is 8.42 Å². The number of rotatable bonds is 11. The molecule has 1 heterocycles. The van der Waals surface area contributed by atoms with Gasteiger partial charge in [-0.25, -0.2) is 4.98 Å². The van der Waals surface area contributed by atoms with Crippen molar-refractivity contribution >= 4 is 39.0 Å². The first-order valence-electron chi connectivity index (χ1n) is 9.68. The number of aryl methyl sites for hydroxylation is 1. The van der Waals surface area contributed by atoms with Crippen LogP contribution in [-0.2, 0) is 32.7 Å². The number of nitrogens with zero attached hydrogens (tertiary/aromatic N) is 1. The summed E-state index contributed by atoms with van der Waals surface area (Å²) in [4.78, 5) is 28.8. The number of hydrogen-bond donors (Lipinski definition) is 3. The Balaban J connectivity index is 2.12. The smallest absolute Gasteiger partial charge is 0.347 e. The quantitative estimate of drug-likeness (QED) is 0.448. The minimum Gasteiger partial charge on any atom is -0.347 e. The van der Waals surface area contributed by atoms with Gasteiger partial charge in [-0.3, -0.25) is 18.9 Å². The van der Waals surface area contributed by atoms with Crippen molar-refractivity contribution in [3.63, 3.8) is 0 Å². The number of amides is 1. The molecule has 10 heteroatoms. The zero-order valence-corrected chi connectivity index (χ0v) is 18.8. The molecular weight excluding hydrogens is 426 g/mol. The van der Waals surface area contributed by atoms with E-state index in [-0.39, 0.29) is 42.2 Å². The molecule has 30 heavy (non-hydrogen) atoms. The number of Topliss-reactive ketones (excluding diaryl/α,β-unsaturated/α-hetero) is 1. The Bertz CT molecular complexity index is 969. The molecule has 1 unspecified atom stereocenters. The van der Waals surface area contributed by atoms with Gasteiger partial charge < -0.3 is 5.32 Å². The molecule has 2 rings (SSSR count). The van der Waals surface area contributed by atoms with E-state index in [2.05, 4.69) is 10.3 Å². The zero-order chi connectivity index (χ0) is 22.3. The monoisotopic (exact) mass is 453 g/mol. The van der Waals surface area contributed by atoms with Gasteiger partial charge in [0.1, 0.15) is 10.8 Å². The summed E-state index contributed by atoms with van der Waals surface area (Å²) in [5.41, 5.74) is 2.03. The van der Waals surface area contributed by atoms with Gasteiger partial charge in [-0.15, -0.1) is 11.3 Å². The Morgan fingerprint density at radius 3 is 2.37 bits per heavy atom. The number of hydrogen-bond acceptors (Lipinski definition) is 6. The normalized spacial score (nSPS) is 12.6. The maximum atomic E-state index is 12.4. The van der Waals surface area contributed by atoms with Crippen molar-refractivity contribution in [3.8, 4) is 0 Å². The van der Waals surface area contributed by atoms with Gasteiger partial charge in [0.05, 0.1) is 17.4 Å². The third-order valence-electron chi connectivity index (χ3n) is 4.45. The first kappa shape index (κ1) is 24.0. The minimum absolute atomic E-state index is 0.0474. The number of carbonyl (C=O) groups excluding carboxylic acids is 2. The second-order valence-corrected chi connectivity index (χ2v) is 9.29. The predicted octanol–water partition coefficient (Wildman–Crippen LogP) is 3.33. The molecule has 0 aliphatic rings. The summed E-state index contributed by atoms with van der Waals surface area (Å²) < 4.78 is 32.7. The van der Waals surface area contributed by atoms with Crippen molar-refractivity contribution in [2.24, 2.45) is 5.92 Å². The molecule has 0 bridgehead atoms.